The second-order valence-electron chi connectivity index (χ2n) is 5.90. The highest BCUT2D eigenvalue weighted by Gasteiger charge is 2.22. The quantitative estimate of drug-likeness (QED) is 0.613. The third-order valence-corrected chi connectivity index (χ3v) is 4.25. The predicted molar refractivity (Wildman–Crippen MR) is 84.4 cm³/mol. The maximum absolute atomic E-state index is 12.4. The summed E-state index contributed by atoms with van der Waals surface area (Å²) in [4.78, 5) is 14.3. The van der Waals surface area contributed by atoms with Gasteiger partial charge in [-0.3, -0.25) is 4.79 Å². The van der Waals surface area contributed by atoms with E-state index in [4.69, 9.17) is 10.8 Å². The van der Waals surface area contributed by atoms with Crippen LogP contribution in [-0.2, 0) is 4.79 Å². The molecule has 3 N–H and O–H groups in total. The summed E-state index contributed by atoms with van der Waals surface area (Å²) >= 11 is 0. The van der Waals surface area contributed by atoms with E-state index in [1.54, 1.807) is 0 Å². The fourth-order valence-electron chi connectivity index (χ4n) is 2.83. The molecule has 1 unspecified atom stereocenters. The zero-order valence-electron chi connectivity index (χ0n) is 13.8. The van der Waals surface area contributed by atoms with Gasteiger partial charge in [-0.1, -0.05) is 27.7 Å². The van der Waals surface area contributed by atoms with Gasteiger partial charge in [-0.15, -0.1) is 0 Å². The van der Waals surface area contributed by atoms with Crippen molar-refractivity contribution in [3.8, 4) is 0 Å². The lowest BCUT2D eigenvalue weighted by molar-refractivity contribution is -0.134. The minimum absolute atomic E-state index is 0.0403. The smallest absolute Gasteiger partial charge is 0.222 e. The monoisotopic (exact) mass is 286 g/mol. The molecule has 4 heteroatoms. The van der Waals surface area contributed by atoms with Crippen LogP contribution < -0.4 is 5.73 Å². The Morgan fingerprint density at radius 2 is 1.80 bits per heavy atom. The molecule has 1 atom stereocenters. The maximum Gasteiger partial charge on any atom is 0.222 e. The third kappa shape index (κ3) is 6.71. The lowest BCUT2D eigenvalue weighted by atomic mass is 9.88. The van der Waals surface area contributed by atoms with Gasteiger partial charge in [-0.25, -0.2) is 0 Å². The summed E-state index contributed by atoms with van der Waals surface area (Å²) in [5.74, 6) is 1.25. The zero-order chi connectivity index (χ0) is 15.5. The lowest BCUT2D eigenvalue weighted by Crippen LogP contribution is -2.41. The molecule has 0 saturated heterocycles. The number of hydrogen-bond donors (Lipinski definition) is 2. The molecule has 0 aliphatic heterocycles. The van der Waals surface area contributed by atoms with Gasteiger partial charge in [-0.2, -0.15) is 0 Å². The SMILES string of the molecule is CCC(CC)N(CCO)C(=O)CCC(CCN)C(C)C. The molecule has 0 aliphatic rings. The van der Waals surface area contributed by atoms with Gasteiger partial charge in [0.05, 0.1) is 6.61 Å². The van der Waals surface area contributed by atoms with Crippen molar-refractivity contribution in [2.45, 2.75) is 65.8 Å². The average molecular weight is 286 g/mol. The molecule has 0 saturated carbocycles. The Kier molecular flexibility index (Phi) is 10.8. The first-order valence-corrected chi connectivity index (χ1v) is 8.12. The van der Waals surface area contributed by atoms with Gasteiger partial charge in [0.25, 0.3) is 0 Å². The minimum Gasteiger partial charge on any atom is -0.395 e. The van der Waals surface area contributed by atoms with Crippen LogP contribution in [0.4, 0.5) is 0 Å². The summed E-state index contributed by atoms with van der Waals surface area (Å²) in [6, 6.07) is 0.252. The highest BCUT2D eigenvalue weighted by atomic mass is 16.3. The van der Waals surface area contributed by atoms with E-state index >= 15 is 0 Å². The average Bonchev–Trinajstić information content (AvgIpc) is 2.43. The minimum atomic E-state index is 0.0403. The van der Waals surface area contributed by atoms with Gasteiger partial charge < -0.3 is 15.7 Å². The van der Waals surface area contributed by atoms with Crippen LogP contribution in [-0.4, -0.2) is 41.7 Å². The van der Waals surface area contributed by atoms with Crippen molar-refractivity contribution in [3.05, 3.63) is 0 Å². The van der Waals surface area contributed by atoms with Crippen molar-refractivity contribution >= 4 is 5.91 Å². The molecule has 0 aromatic heterocycles. The summed E-state index contributed by atoms with van der Waals surface area (Å²) in [5.41, 5.74) is 5.64. The highest BCUT2D eigenvalue weighted by molar-refractivity contribution is 5.76. The van der Waals surface area contributed by atoms with E-state index in [1.165, 1.54) is 0 Å². The van der Waals surface area contributed by atoms with E-state index in [9.17, 15) is 4.79 Å². The van der Waals surface area contributed by atoms with Gasteiger partial charge in [0.2, 0.25) is 5.91 Å². The summed E-state index contributed by atoms with van der Waals surface area (Å²) in [7, 11) is 0. The number of carbonyl (C=O) groups is 1. The molecule has 0 spiro atoms. The molecule has 0 aliphatic carbocycles. The number of rotatable bonds is 11. The van der Waals surface area contributed by atoms with E-state index in [-0.39, 0.29) is 18.6 Å². The largest absolute Gasteiger partial charge is 0.395 e. The molecule has 20 heavy (non-hydrogen) atoms. The van der Waals surface area contributed by atoms with Crippen molar-refractivity contribution in [3.63, 3.8) is 0 Å². The molecule has 0 fully saturated rings. The number of nitrogens with zero attached hydrogens (tertiary/aromatic N) is 1. The van der Waals surface area contributed by atoms with Crippen LogP contribution in [0.1, 0.15) is 59.8 Å². The van der Waals surface area contributed by atoms with E-state index in [0.717, 1.165) is 25.7 Å². The summed E-state index contributed by atoms with van der Waals surface area (Å²) in [6.07, 6.45) is 4.34. The van der Waals surface area contributed by atoms with Crippen molar-refractivity contribution < 1.29 is 9.90 Å². The molecular weight excluding hydrogens is 252 g/mol. The molecule has 120 valence electrons. The van der Waals surface area contributed by atoms with E-state index < -0.39 is 0 Å². The van der Waals surface area contributed by atoms with Gasteiger partial charge in [0.15, 0.2) is 0 Å². The lowest BCUT2D eigenvalue weighted by Gasteiger charge is -2.31. The van der Waals surface area contributed by atoms with Crippen molar-refractivity contribution in [1.82, 2.24) is 4.90 Å². The predicted octanol–water partition coefficient (Wildman–Crippen LogP) is 2.40. The number of amides is 1. The number of aliphatic hydroxyl groups excluding tert-OH is 1. The molecule has 0 aromatic carbocycles. The Balaban J connectivity index is 4.51. The maximum atomic E-state index is 12.4. The number of aliphatic hydroxyl groups is 1. The number of carbonyl (C=O) groups excluding carboxylic acids is 1. The van der Waals surface area contributed by atoms with Crippen LogP contribution in [0.15, 0.2) is 0 Å². The van der Waals surface area contributed by atoms with Gasteiger partial charge >= 0.3 is 0 Å². The molecule has 0 radical (unpaired) electrons. The van der Waals surface area contributed by atoms with Crippen molar-refractivity contribution in [2.75, 3.05) is 19.7 Å². The molecular formula is C16H34N2O2. The van der Waals surface area contributed by atoms with Gasteiger partial charge in [-0.05, 0) is 44.1 Å². The second kappa shape index (κ2) is 11.1. The molecule has 0 rings (SSSR count). The highest BCUT2D eigenvalue weighted by Crippen LogP contribution is 2.21. The van der Waals surface area contributed by atoms with Crippen LogP contribution in [0.5, 0.6) is 0 Å². The van der Waals surface area contributed by atoms with E-state index in [0.29, 0.717) is 31.3 Å². The molecule has 1 amide bonds. The van der Waals surface area contributed by atoms with Crippen LogP contribution in [0, 0.1) is 11.8 Å². The Morgan fingerprint density at radius 3 is 2.20 bits per heavy atom. The molecule has 0 bridgehead atoms. The van der Waals surface area contributed by atoms with Crippen LogP contribution in [0.25, 0.3) is 0 Å². The van der Waals surface area contributed by atoms with Crippen molar-refractivity contribution in [2.24, 2.45) is 17.6 Å². The normalized spacial score (nSPS) is 13.0. The van der Waals surface area contributed by atoms with E-state index in [2.05, 4.69) is 27.7 Å². The van der Waals surface area contributed by atoms with Gasteiger partial charge in [0.1, 0.15) is 0 Å². The molecule has 0 aromatic rings. The topological polar surface area (TPSA) is 66.6 Å². The van der Waals surface area contributed by atoms with E-state index in [1.807, 2.05) is 4.90 Å². The first-order valence-electron chi connectivity index (χ1n) is 8.12. The molecule has 4 nitrogen and oxygen atoms in total. The third-order valence-electron chi connectivity index (χ3n) is 4.25. The Hall–Kier alpha value is -0.610. The van der Waals surface area contributed by atoms with Crippen LogP contribution in [0.2, 0.25) is 0 Å². The summed E-state index contributed by atoms with van der Waals surface area (Å²) in [6.45, 7) is 9.75. The second-order valence-corrected chi connectivity index (χ2v) is 5.90. The van der Waals surface area contributed by atoms with Crippen molar-refractivity contribution in [1.29, 1.82) is 0 Å². The first kappa shape index (κ1) is 19.4. The Bertz CT molecular complexity index is 253. The zero-order valence-corrected chi connectivity index (χ0v) is 13.8. The Labute approximate surface area is 124 Å². The van der Waals surface area contributed by atoms with Crippen LogP contribution >= 0.6 is 0 Å². The van der Waals surface area contributed by atoms with Gasteiger partial charge in [0, 0.05) is 19.0 Å². The fraction of sp³-hybridized carbons (Fsp3) is 0.938. The summed E-state index contributed by atoms with van der Waals surface area (Å²) < 4.78 is 0. The van der Waals surface area contributed by atoms with Crippen LogP contribution in [0.3, 0.4) is 0 Å². The number of nitrogens with two attached hydrogens (primary N) is 1. The standard InChI is InChI=1S/C16H34N2O2/c1-5-15(6-2)18(11-12-19)16(20)8-7-14(9-10-17)13(3)4/h13-15,19H,5-12,17H2,1-4H3. The Morgan fingerprint density at radius 1 is 1.20 bits per heavy atom. The fourth-order valence-corrected chi connectivity index (χ4v) is 2.83. The molecule has 0 heterocycles. The number of hydrogen-bond acceptors (Lipinski definition) is 3. The first-order chi connectivity index (χ1) is 9.51. The summed E-state index contributed by atoms with van der Waals surface area (Å²) in [5, 5.41) is 9.16.